The van der Waals surface area contributed by atoms with Gasteiger partial charge in [-0.25, -0.2) is 0 Å². The molecule has 2 fully saturated rings. The number of nitrogens with zero attached hydrogens (tertiary/aromatic N) is 1. The van der Waals surface area contributed by atoms with E-state index in [9.17, 15) is 4.79 Å². The van der Waals surface area contributed by atoms with Crippen LogP contribution in [-0.4, -0.2) is 28.9 Å². The molecule has 5 nitrogen and oxygen atoms in total. The minimum atomic E-state index is -0.902. The zero-order chi connectivity index (χ0) is 19.1. The van der Waals surface area contributed by atoms with Gasteiger partial charge in [-0.3, -0.25) is 9.78 Å². The number of benzene rings is 1. The number of nitrogens with one attached hydrogen (secondary N) is 1. The Bertz CT molecular complexity index is 834. The van der Waals surface area contributed by atoms with E-state index in [0.717, 1.165) is 43.0 Å². The number of amides is 1. The fourth-order valence-corrected chi connectivity index (χ4v) is 4.59. The van der Waals surface area contributed by atoms with Gasteiger partial charge in [0.15, 0.2) is 5.79 Å². The molecule has 1 amide bonds. The highest BCUT2D eigenvalue weighted by molar-refractivity contribution is 5.97. The SMILES string of the molecule is C[C@@H]1OC(C)(C2(C(=O)Nc3cnc4ccccc4c3)CCCCC2)O[C@H]1C. The molecule has 2 aliphatic rings. The van der Waals surface area contributed by atoms with Crippen molar-refractivity contribution in [3.8, 4) is 0 Å². The molecule has 2 atom stereocenters. The molecule has 27 heavy (non-hydrogen) atoms. The molecular formula is C22H28N2O3. The van der Waals surface area contributed by atoms with Crippen molar-refractivity contribution in [1.82, 2.24) is 4.98 Å². The standard InChI is InChI=1S/C22H28N2O3/c1-15-16(2)27-21(3,26-15)22(11-7-4-8-12-22)20(25)24-18-13-17-9-5-6-10-19(17)23-14-18/h5-6,9-10,13-16H,4,7-8,11-12H2,1-3H3,(H,24,25)/t15-,16-/m0/s1. The van der Waals surface area contributed by atoms with Crippen molar-refractivity contribution in [1.29, 1.82) is 0 Å². The van der Waals surface area contributed by atoms with Gasteiger partial charge in [-0.05, 0) is 45.7 Å². The molecule has 144 valence electrons. The van der Waals surface area contributed by atoms with E-state index in [1.165, 1.54) is 0 Å². The minimum absolute atomic E-state index is 0.0241. The number of para-hydroxylation sites is 1. The topological polar surface area (TPSA) is 60.5 Å². The van der Waals surface area contributed by atoms with Crippen LogP contribution in [0.5, 0.6) is 0 Å². The molecule has 1 N–H and O–H groups in total. The van der Waals surface area contributed by atoms with Crippen LogP contribution >= 0.6 is 0 Å². The Morgan fingerprint density at radius 3 is 2.48 bits per heavy atom. The van der Waals surface area contributed by atoms with Crippen LogP contribution in [-0.2, 0) is 14.3 Å². The van der Waals surface area contributed by atoms with Gasteiger partial charge in [-0.2, -0.15) is 0 Å². The van der Waals surface area contributed by atoms with E-state index >= 15 is 0 Å². The van der Waals surface area contributed by atoms with Crippen LogP contribution in [0.4, 0.5) is 5.69 Å². The normalized spacial score (nSPS) is 26.8. The zero-order valence-corrected chi connectivity index (χ0v) is 16.3. The number of carbonyl (C=O) groups is 1. The van der Waals surface area contributed by atoms with Gasteiger partial charge in [0.2, 0.25) is 5.91 Å². The summed E-state index contributed by atoms with van der Waals surface area (Å²) in [6.45, 7) is 5.96. The molecule has 1 aromatic heterocycles. The maximum absolute atomic E-state index is 13.5. The maximum Gasteiger partial charge on any atom is 0.236 e. The van der Waals surface area contributed by atoms with Gasteiger partial charge >= 0.3 is 0 Å². The summed E-state index contributed by atoms with van der Waals surface area (Å²) in [6, 6.07) is 9.88. The predicted octanol–water partition coefficient (Wildman–Crippen LogP) is 4.66. The van der Waals surface area contributed by atoms with Gasteiger partial charge in [0.25, 0.3) is 0 Å². The Morgan fingerprint density at radius 1 is 1.11 bits per heavy atom. The number of fused-ring (bicyclic) bond motifs is 1. The van der Waals surface area contributed by atoms with Crippen molar-refractivity contribution in [2.75, 3.05) is 5.32 Å². The molecule has 2 aromatic rings. The molecule has 0 spiro atoms. The Kier molecular flexibility index (Phi) is 4.68. The van der Waals surface area contributed by atoms with Crippen molar-refractivity contribution >= 4 is 22.5 Å². The van der Waals surface area contributed by atoms with Crippen molar-refractivity contribution in [3.05, 3.63) is 36.5 Å². The number of rotatable bonds is 3. The van der Waals surface area contributed by atoms with Gasteiger partial charge in [0, 0.05) is 5.39 Å². The van der Waals surface area contributed by atoms with E-state index in [1.54, 1.807) is 6.20 Å². The third-order valence-electron chi connectivity index (χ3n) is 6.34. The summed E-state index contributed by atoms with van der Waals surface area (Å²) in [5.41, 5.74) is 0.946. The van der Waals surface area contributed by atoms with Crippen LogP contribution in [0.25, 0.3) is 10.9 Å². The number of ether oxygens (including phenoxy) is 2. The lowest BCUT2D eigenvalue weighted by Crippen LogP contribution is -2.55. The fraction of sp³-hybridized carbons (Fsp3) is 0.545. The van der Waals surface area contributed by atoms with E-state index < -0.39 is 11.2 Å². The summed E-state index contributed by atoms with van der Waals surface area (Å²) < 4.78 is 12.5. The van der Waals surface area contributed by atoms with Crippen LogP contribution in [0.1, 0.15) is 52.9 Å². The van der Waals surface area contributed by atoms with Crippen LogP contribution in [0, 0.1) is 5.41 Å². The first-order valence-corrected chi connectivity index (χ1v) is 9.95. The summed E-state index contributed by atoms with van der Waals surface area (Å²) >= 11 is 0. The molecule has 4 rings (SSSR count). The average molecular weight is 368 g/mol. The van der Waals surface area contributed by atoms with Gasteiger partial charge in [0.1, 0.15) is 5.41 Å². The van der Waals surface area contributed by atoms with E-state index in [0.29, 0.717) is 5.69 Å². The van der Waals surface area contributed by atoms with Crippen LogP contribution in [0.15, 0.2) is 36.5 Å². The molecule has 1 aliphatic heterocycles. The van der Waals surface area contributed by atoms with Crippen molar-refractivity contribution in [3.63, 3.8) is 0 Å². The number of aromatic nitrogens is 1. The van der Waals surface area contributed by atoms with Gasteiger partial charge in [0.05, 0.1) is 29.6 Å². The summed E-state index contributed by atoms with van der Waals surface area (Å²) in [4.78, 5) is 18.0. The van der Waals surface area contributed by atoms with E-state index in [2.05, 4.69) is 10.3 Å². The first-order chi connectivity index (χ1) is 12.9. The molecular weight excluding hydrogens is 340 g/mol. The Morgan fingerprint density at radius 2 is 1.78 bits per heavy atom. The summed E-state index contributed by atoms with van der Waals surface area (Å²) in [7, 11) is 0. The second kappa shape index (κ2) is 6.88. The Balaban J connectivity index is 1.64. The molecule has 1 saturated carbocycles. The lowest BCUT2D eigenvalue weighted by Gasteiger charge is -2.46. The molecule has 0 radical (unpaired) electrons. The minimum Gasteiger partial charge on any atom is -0.343 e. The molecule has 1 aromatic carbocycles. The maximum atomic E-state index is 13.5. The van der Waals surface area contributed by atoms with Crippen molar-refractivity contribution in [2.45, 2.75) is 70.9 Å². The van der Waals surface area contributed by atoms with Crippen molar-refractivity contribution in [2.24, 2.45) is 5.41 Å². The summed E-state index contributed by atoms with van der Waals surface area (Å²) in [5, 5.41) is 4.12. The third kappa shape index (κ3) is 3.13. The first kappa shape index (κ1) is 18.4. The lowest BCUT2D eigenvalue weighted by molar-refractivity contribution is -0.239. The second-order valence-electron chi connectivity index (χ2n) is 8.11. The fourth-order valence-electron chi connectivity index (χ4n) is 4.59. The van der Waals surface area contributed by atoms with Gasteiger partial charge < -0.3 is 14.8 Å². The number of carbonyl (C=O) groups excluding carboxylic acids is 1. The van der Waals surface area contributed by atoms with E-state index in [4.69, 9.17) is 9.47 Å². The molecule has 0 bridgehead atoms. The number of anilines is 1. The number of pyridine rings is 1. The third-order valence-corrected chi connectivity index (χ3v) is 6.34. The monoisotopic (exact) mass is 368 g/mol. The zero-order valence-electron chi connectivity index (χ0n) is 16.3. The van der Waals surface area contributed by atoms with Crippen LogP contribution in [0.2, 0.25) is 0 Å². The molecule has 5 heteroatoms. The molecule has 1 aliphatic carbocycles. The number of hydrogen-bond acceptors (Lipinski definition) is 4. The van der Waals surface area contributed by atoms with Crippen LogP contribution < -0.4 is 5.32 Å². The Hall–Kier alpha value is -1.98. The number of hydrogen-bond donors (Lipinski definition) is 1. The average Bonchev–Trinajstić information content (AvgIpc) is 2.95. The summed E-state index contributed by atoms with van der Waals surface area (Å²) in [5.74, 6) is -0.927. The predicted molar refractivity (Wildman–Crippen MR) is 105 cm³/mol. The van der Waals surface area contributed by atoms with Crippen molar-refractivity contribution < 1.29 is 14.3 Å². The van der Waals surface area contributed by atoms with Gasteiger partial charge in [-0.15, -0.1) is 0 Å². The first-order valence-electron chi connectivity index (χ1n) is 9.95. The van der Waals surface area contributed by atoms with E-state index in [1.807, 2.05) is 51.1 Å². The Labute approximate surface area is 160 Å². The van der Waals surface area contributed by atoms with Gasteiger partial charge in [-0.1, -0.05) is 37.5 Å². The van der Waals surface area contributed by atoms with Crippen LogP contribution in [0.3, 0.4) is 0 Å². The van der Waals surface area contributed by atoms with E-state index in [-0.39, 0.29) is 18.1 Å². The smallest absolute Gasteiger partial charge is 0.236 e. The molecule has 2 heterocycles. The highest BCUT2D eigenvalue weighted by Crippen LogP contribution is 2.51. The highest BCUT2D eigenvalue weighted by atomic mass is 16.8. The molecule has 0 unspecified atom stereocenters. The highest BCUT2D eigenvalue weighted by Gasteiger charge is 2.60. The summed E-state index contributed by atoms with van der Waals surface area (Å²) in [6.07, 6.45) is 6.39. The lowest BCUT2D eigenvalue weighted by atomic mass is 9.67. The molecule has 1 saturated heterocycles. The second-order valence-corrected chi connectivity index (χ2v) is 8.11. The largest absolute Gasteiger partial charge is 0.343 e. The quantitative estimate of drug-likeness (QED) is 0.856.